The summed E-state index contributed by atoms with van der Waals surface area (Å²) in [7, 11) is 1.35. The molecule has 2 aromatic heterocycles. The van der Waals surface area contributed by atoms with Crippen molar-refractivity contribution in [3.05, 3.63) is 38.4 Å². The fourth-order valence-electron chi connectivity index (χ4n) is 2.48. The van der Waals surface area contributed by atoms with Crippen LogP contribution in [0.1, 0.15) is 30.5 Å². The van der Waals surface area contributed by atoms with Crippen molar-refractivity contribution >= 4 is 39.6 Å². The predicted octanol–water partition coefficient (Wildman–Crippen LogP) is 2.38. The molecule has 1 aliphatic heterocycles. The van der Waals surface area contributed by atoms with E-state index < -0.39 is 5.97 Å². The lowest BCUT2D eigenvalue weighted by atomic mass is 10.0. The topological polar surface area (TPSA) is 72.6 Å². The maximum atomic E-state index is 12.4. The lowest BCUT2D eigenvalue weighted by Gasteiger charge is -2.26. The van der Waals surface area contributed by atoms with E-state index >= 15 is 0 Å². The van der Waals surface area contributed by atoms with Crippen molar-refractivity contribution < 1.29 is 14.3 Å². The number of amides is 1. The molecule has 1 aliphatic rings. The van der Waals surface area contributed by atoms with Gasteiger partial charge in [-0.05, 0) is 23.4 Å². The first-order valence-corrected chi connectivity index (χ1v) is 8.12. The monoisotopic (exact) mass is 322 g/mol. The Morgan fingerprint density at radius 3 is 2.90 bits per heavy atom. The number of methoxy groups -OCH3 is 1. The Morgan fingerprint density at radius 2 is 2.24 bits per heavy atom. The van der Waals surface area contributed by atoms with E-state index in [-0.39, 0.29) is 5.91 Å². The summed E-state index contributed by atoms with van der Waals surface area (Å²) < 4.78 is 4.78. The van der Waals surface area contributed by atoms with E-state index in [1.54, 1.807) is 4.90 Å². The summed E-state index contributed by atoms with van der Waals surface area (Å²) >= 11 is 2.80. The molecule has 3 rings (SSSR count). The Balaban J connectivity index is 1.87. The fourth-order valence-corrected chi connectivity index (χ4v) is 4.29. The van der Waals surface area contributed by atoms with Crippen LogP contribution in [0.5, 0.6) is 0 Å². The van der Waals surface area contributed by atoms with Gasteiger partial charge < -0.3 is 15.4 Å². The van der Waals surface area contributed by atoms with Crippen LogP contribution in [-0.4, -0.2) is 30.4 Å². The van der Waals surface area contributed by atoms with Crippen LogP contribution in [0, 0.1) is 0 Å². The Kier molecular flexibility index (Phi) is 3.69. The van der Waals surface area contributed by atoms with E-state index in [1.807, 2.05) is 17.5 Å². The molecular formula is C14H14N2O3S2. The lowest BCUT2D eigenvalue weighted by molar-refractivity contribution is 0.0600. The molecule has 0 spiro atoms. The number of hydrogen-bond donors (Lipinski definition) is 1. The van der Waals surface area contributed by atoms with Crippen LogP contribution in [0.25, 0.3) is 0 Å². The number of ether oxygens (including phenoxy) is 1. The Bertz CT molecular complexity index is 691. The number of nitrogens with zero attached hydrogens (tertiary/aromatic N) is 1. The van der Waals surface area contributed by atoms with Crippen molar-refractivity contribution in [2.75, 3.05) is 19.4 Å². The minimum absolute atomic E-state index is 0.0299. The smallest absolute Gasteiger partial charge is 0.341 e. The number of hydrogen-bond acceptors (Lipinski definition) is 6. The lowest BCUT2D eigenvalue weighted by Crippen LogP contribution is -2.35. The SMILES string of the molecule is COC(=O)c1c(N)sc2c1CCN(C(=O)c1cccs1)C2. The van der Waals surface area contributed by atoms with E-state index in [4.69, 9.17) is 10.5 Å². The number of nitrogen functional groups attached to an aromatic ring is 1. The second kappa shape index (κ2) is 5.50. The highest BCUT2D eigenvalue weighted by molar-refractivity contribution is 7.16. The highest BCUT2D eigenvalue weighted by Gasteiger charge is 2.29. The largest absolute Gasteiger partial charge is 0.465 e. The number of fused-ring (bicyclic) bond motifs is 1. The molecule has 0 radical (unpaired) electrons. The minimum Gasteiger partial charge on any atom is -0.465 e. The summed E-state index contributed by atoms with van der Waals surface area (Å²) in [5.74, 6) is -0.370. The van der Waals surface area contributed by atoms with Gasteiger partial charge in [0, 0.05) is 11.4 Å². The highest BCUT2D eigenvalue weighted by atomic mass is 32.1. The first-order chi connectivity index (χ1) is 10.1. The molecule has 0 unspecified atom stereocenters. The van der Waals surface area contributed by atoms with E-state index in [9.17, 15) is 9.59 Å². The number of nitrogens with two attached hydrogens (primary N) is 1. The van der Waals surface area contributed by atoms with Crippen LogP contribution in [0.4, 0.5) is 5.00 Å². The molecule has 5 nitrogen and oxygen atoms in total. The minimum atomic E-state index is -0.400. The number of rotatable bonds is 2. The number of anilines is 1. The molecule has 3 heterocycles. The highest BCUT2D eigenvalue weighted by Crippen LogP contribution is 2.36. The summed E-state index contributed by atoms with van der Waals surface area (Å²) in [5, 5.41) is 2.36. The summed E-state index contributed by atoms with van der Waals surface area (Å²) in [6.45, 7) is 1.09. The molecule has 2 aromatic rings. The molecule has 0 aromatic carbocycles. The van der Waals surface area contributed by atoms with Crippen LogP contribution >= 0.6 is 22.7 Å². The number of thiophene rings is 2. The van der Waals surface area contributed by atoms with Crippen molar-refractivity contribution in [3.8, 4) is 0 Å². The van der Waals surface area contributed by atoms with Gasteiger partial charge in [-0.15, -0.1) is 22.7 Å². The Morgan fingerprint density at radius 1 is 1.43 bits per heavy atom. The molecule has 0 saturated heterocycles. The molecule has 0 aliphatic carbocycles. The maximum Gasteiger partial charge on any atom is 0.341 e. The van der Waals surface area contributed by atoms with Crippen LogP contribution < -0.4 is 5.73 Å². The quantitative estimate of drug-likeness (QED) is 0.862. The second-order valence-corrected chi connectivity index (χ2v) is 6.77. The number of carbonyl (C=O) groups excluding carboxylic acids is 2. The summed E-state index contributed by atoms with van der Waals surface area (Å²) in [6, 6.07) is 3.69. The summed E-state index contributed by atoms with van der Waals surface area (Å²) in [6.07, 6.45) is 0.630. The Hall–Kier alpha value is -1.86. The Labute approximate surface area is 129 Å². The standard InChI is InChI=1S/C14H14N2O3S2/c1-19-14(18)11-8-4-5-16(7-10(8)21-12(11)15)13(17)9-3-2-6-20-9/h2-3,6H,4-5,7,15H2,1H3. The molecular weight excluding hydrogens is 308 g/mol. The fraction of sp³-hybridized carbons (Fsp3) is 0.286. The molecule has 21 heavy (non-hydrogen) atoms. The molecule has 1 amide bonds. The first kappa shape index (κ1) is 14.1. The van der Waals surface area contributed by atoms with Crippen molar-refractivity contribution in [1.82, 2.24) is 4.90 Å². The van der Waals surface area contributed by atoms with Gasteiger partial charge in [-0.25, -0.2) is 4.79 Å². The van der Waals surface area contributed by atoms with E-state index in [0.29, 0.717) is 30.1 Å². The summed E-state index contributed by atoms with van der Waals surface area (Å²) in [4.78, 5) is 27.7. The maximum absolute atomic E-state index is 12.4. The van der Waals surface area contributed by atoms with Gasteiger partial charge in [0.15, 0.2) is 0 Å². The second-order valence-electron chi connectivity index (χ2n) is 4.69. The van der Waals surface area contributed by atoms with Crippen molar-refractivity contribution in [2.45, 2.75) is 13.0 Å². The normalized spacial score (nSPS) is 13.9. The van der Waals surface area contributed by atoms with Gasteiger partial charge in [-0.3, -0.25) is 4.79 Å². The number of esters is 1. The molecule has 0 saturated carbocycles. The van der Waals surface area contributed by atoms with Crippen LogP contribution in [0.2, 0.25) is 0 Å². The molecule has 0 atom stereocenters. The molecule has 0 bridgehead atoms. The van der Waals surface area contributed by atoms with E-state index in [2.05, 4.69) is 0 Å². The van der Waals surface area contributed by atoms with Crippen molar-refractivity contribution in [2.24, 2.45) is 0 Å². The first-order valence-electron chi connectivity index (χ1n) is 6.43. The van der Waals surface area contributed by atoms with Gasteiger partial charge >= 0.3 is 5.97 Å². The third-order valence-corrected chi connectivity index (χ3v) is 5.40. The van der Waals surface area contributed by atoms with Gasteiger partial charge in [0.1, 0.15) is 5.00 Å². The van der Waals surface area contributed by atoms with Crippen molar-refractivity contribution in [3.63, 3.8) is 0 Å². The number of carbonyl (C=O) groups is 2. The zero-order valence-electron chi connectivity index (χ0n) is 11.4. The summed E-state index contributed by atoms with van der Waals surface area (Å²) in [5.41, 5.74) is 7.33. The van der Waals surface area contributed by atoms with Gasteiger partial charge in [0.05, 0.1) is 24.1 Å². The van der Waals surface area contributed by atoms with Crippen molar-refractivity contribution in [1.29, 1.82) is 0 Å². The average molecular weight is 322 g/mol. The van der Waals surface area contributed by atoms with E-state index in [1.165, 1.54) is 29.8 Å². The molecule has 110 valence electrons. The zero-order chi connectivity index (χ0) is 15.0. The van der Waals surface area contributed by atoms with E-state index in [0.717, 1.165) is 15.3 Å². The van der Waals surface area contributed by atoms with Gasteiger partial charge in [0.25, 0.3) is 5.91 Å². The average Bonchev–Trinajstić information content (AvgIpc) is 3.11. The van der Waals surface area contributed by atoms with Gasteiger partial charge in [0.2, 0.25) is 0 Å². The molecule has 7 heteroatoms. The predicted molar refractivity (Wildman–Crippen MR) is 82.8 cm³/mol. The van der Waals surface area contributed by atoms with Gasteiger partial charge in [-0.2, -0.15) is 0 Å². The molecule has 2 N–H and O–H groups in total. The third kappa shape index (κ3) is 2.43. The zero-order valence-corrected chi connectivity index (χ0v) is 13.1. The van der Waals surface area contributed by atoms with Crippen LogP contribution in [0.3, 0.4) is 0 Å². The van der Waals surface area contributed by atoms with Crippen LogP contribution in [0.15, 0.2) is 17.5 Å². The van der Waals surface area contributed by atoms with Gasteiger partial charge in [-0.1, -0.05) is 6.07 Å². The third-order valence-electron chi connectivity index (χ3n) is 3.49. The van der Waals surface area contributed by atoms with Crippen LogP contribution in [-0.2, 0) is 17.7 Å². The molecule has 0 fully saturated rings.